The molecule has 1 saturated heterocycles. The lowest BCUT2D eigenvalue weighted by atomic mass is 9.84. The number of carbonyl (C=O) groups is 2. The number of aromatic nitrogens is 3. The van der Waals surface area contributed by atoms with Gasteiger partial charge in [0.05, 0.1) is 23.9 Å². The minimum Gasteiger partial charge on any atom is -0.476 e. The molecule has 2 N–H and O–H groups in total. The smallest absolute Gasteiger partial charge is 0.358 e. The summed E-state index contributed by atoms with van der Waals surface area (Å²) >= 11 is 0. The van der Waals surface area contributed by atoms with E-state index in [0.717, 1.165) is 12.8 Å². The van der Waals surface area contributed by atoms with Crippen LogP contribution in [-0.4, -0.2) is 45.2 Å². The van der Waals surface area contributed by atoms with Crippen molar-refractivity contribution in [1.29, 1.82) is 0 Å². The Kier molecular flexibility index (Phi) is 4.30. The Hall–Kier alpha value is -2.74. The average molecular weight is 330 g/mol. The van der Waals surface area contributed by atoms with Gasteiger partial charge in [0.1, 0.15) is 0 Å². The zero-order valence-corrected chi connectivity index (χ0v) is 13.2. The molecule has 1 fully saturated rings. The number of ether oxygens (including phenoxy) is 1. The minimum atomic E-state index is -1.14. The number of rotatable bonds is 4. The molecule has 1 aromatic carbocycles. The summed E-state index contributed by atoms with van der Waals surface area (Å²) in [6.07, 6.45) is 2.96. The molecule has 0 saturated carbocycles. The van der Waals surface area contributed by atoms with Gasteiger partial charge in [-0.15, -0.1) is 5.10 Å². The number of hydrogen-bond acceptors (Lipinski definition) is 5. The molecule has 0 unspecified atom stereocenters. The summed E-state index contributed by atoms with van der Waals surface area (Å²) in [6.45, 7) is 2.99. The van der Waals surface area contributed by atoms with Crippen LogP contribution in [0.2, 0.25) is 0 Å². The summed E-state index contributed by atoms with van der Waals surface area (Å²) in [5.41, 5.74) is 0.531. The molecule has 0 radical (unpaired) electrons. The molecule has 8 heteroatoms. The first kappa shape index (κ1) is 16.1. The van der Waals surface area contributed by atoms with Crippen LogP contribution in [0.5, 0.6) is 0 Å². The number of nitrogens with zero attached hydrogens (tertiary/aromatic N) is 3. The van der Waals surface area contributed by atoms with Gasteiger partial charge >= 0.3 is 5.97 Å². The molecule has 1 atom stereocenters. The van der Waals surface area contributed by atoms with E-state index >= 15 is 0 Å². The van der Waals surface area contributed by atoms with Crippen molar-refractivity contribution < 1.29 is 19.4 Å². The maximum atomic E-state index is 12.5. The standard InChI is InChI=1S/C16H18N4O4/c1-16(6-3-7-24-10-16)15(23)17-11-4-2-5-12(8-11)20-9-13(14(21)22)18-19-20/h2,4-5,8-9H,3,6-7,10H2,1H3,(H,17,23)(H,21,22)/t16-/m1/s1. The molecule has 1 aliphatic heterocycles. The van der Waals surface area contributed by atoms with Crippen molar-refractivity contribution in [3.05, 3.63) is 36.2 Å². The zero-order chi connectivity index (χ0) is 17.2. The van der Waals surface area contributed by atoms with Crippen LogP contribution in [0.15, 0.2) is 30.5 Å². The van der Waals surface area contributed by atoms with Gasteiger partial charge in [0.15, 0.2) is 5.69 Å². The van der Waals surface area contributed by atoms with Crippen molar-refractivity contribution in [2.24, 2.45) is 5.41 Å². The Morgan fingerprint density at radius 3 is 2.92 bits per heavy atom. The Morgan fingerprint density at radius 2 is 2.25 bits per heavy atom. The van der Waals surface area contributed by atoms with Crippen LogP contribution in [0.25, 0.3) is 5.69 Å². The molecule has 126 valence electrons. The fourth-order valence-electron chi connectivity index (χ4n) is 2.61. The quantitative estimate of drug-likeness (QED) is 0.884. The third-order valence-electron chi connectivity index (χ3n) is 4.07. The third-order valence-corrected chi connectivity index (χ3v) is 4.07. The third kappa shape index (κ3) is 3.28. The summed E-state index contributed by atoms with van der Waals surface area (Å²) in [7, 11) is 0. The van der Waals surface area contributed by atoms with E-state index in [4.69, 9.17) is 9.84 Å². The van der Waals surface area contributed by atoms with Crippen LogP contribution >= 0.6 is 0 Å². The lowest BCUT2D eigenvalue weighted by Gasteiger charge is -2.31. The normalized spacial score (nSPS) is 20.5. The van der Waals surface area contributed by atoms with Crippen LogP contribution < -0.4 is 5.32 Å². The second-order valence-corrected chi connectivity index (χ2v) is 6.07. The maximum absolute atomic E-state index is 12.5. The summed E-state index contributed by atoms with van der Waals surface area (Å²) < 4.78 is 6.78. The monoisotopic (exact) mass is 330 g/mol. The first-order chi connectivity index (χ1) is 11.5. The number of aromatic carboxylic acids is 1. The molecule has 1 aliphatic rings. The van der Waals surface area contributed by atoms with E-state index in [9.17, 15) is 9.59 Å². The molecule has 0 aliphatic carbocycles. The van der Waals surface area contributed by atoms with E-state index in [-0.39, 0.29) is 11.6 Å². The molecule has 0 spiro atoms. The van der Waals surface area contributed by atoms with Crippen molar-refractivity contribution in [3.8, 4) is 5.69 Å². The van der Waals surface area contributed by atoms with E-state index in [0.29, 0.717) is 24.6 Å². The van der Waals surface area contributed by atoms with Gasteiger partial charge in [-0.2, -0.15) is 0 Å². The van der Waals surface area contributed by atoms with Crippen LogP contribution in [0.3, 0.4) is 0 Å². The van der Waals surface area contributed by atoms with Crippen LogP contribution in [0, 0.1) is 5.41 Å². The molecule has 0 bridgehead atoms. The number of hydrogen-bond donors (Lipinski definition) is 2. The van der Waals surface area contributed by atoms with Gasteiger partial charge in [0.2, 0.25) is 5.91 Å². The first-order valence-corrected chi connectivity index (χ1v) is 7.63. The summed E-state index contributed by atoms with van der Waals surface area (Å²) in [5.74, 6) is -1.24. The Balaban J connectivity index is 1.77. The second kappa shape index (κ2) is 6.40. The largest absolute Gasteiger partial charge is 0.476 e. The topological polar surface area (TPSA) is 106 Å². The van der Waals surface area contributed by atoms with Crippen molar-refractivity contribution in [2.45, 2.75) is 19.8 Å². The van der Waals surface area contributed by atoms with Crippen LogP contribution in [0.1, 0.15) is 30.3 Å². The summed E-state index contributed by atoms with van der Waals surface area (Å²) in [6, 6.07) is 6.99. The van der Waals surface area contributed by atoms with Gasteiger partial charge in [0, 0.05) is 12.3 Å². The van der Waals surface area contributed by atoms with Crippen molar-refractivity contribution >= 4 is 17.6 Å². The second-order valence-electron chi connectivity index (χ2n) is 6.07. The van der Waals surface area contributed by atoms with E-state index in [1.807, 2.05) is 6.92 Å². The Labute approximate surface area is 138 Å². The van der Waals surface area contributed by atoms with Crippen molar-refractivity contribution in [2.75, 3.05) is 18.5 Å². The number of amides is 1. The lowest BCUT2D eigenvalue weighted by Crippen LogP contribution is -2.40. The maximum Gasteiger partial charge on any atom is 0.358 e. The molecule has 3 rings (SSSR count). The zero-order valence-electron chi connectivity index (χ0n) is 13.2. The summed E-state index contributed by atoms with van der Waals surface area (Å²) in [4.78, 5) is 23.4. The molecule has 1 amide bonds. The predicted molar refractivity (Wildman–Crippen MR) is 85.1 cm³/mol. The SMILES string of the molecule is C[C@@]1(C(=O)Nc2cccc(-n3cc(C(=O)O)nn3)c2)CCCOC1. The number of carbonyl (C=O) groups excluding carboxylic acids is 1. The summed E-state index contributed by atoms with van der Waals surface area (Å²) in [5, 5.41) is 19.2. The lowest BCUT2D eigenvalue weighted by molar-refractivity contribution is -0.131. The number of benzene rings is 1. The molecule has 8 nitrogen and oxygen atoms in total. The van der Waals surface area contributed by atoms with E-state index in [1.165, 1.54) is 10.9 Å². The highest BCUT2D eigenvalue weighted by atomic mass is 16.5. The average Bonchev–Trinajstić information content (AvgIpc) is 3.06. The first-order valence-electron chi connectivity index (χ1n) is 7.63. The van der Waals surface area contributed by atoms with Gasteiger partial charge in [-0.05, 0) is 38.0 Å². The van der Waals surface area contributed by atoms with Crippen LogP contribution in [0.4, 0.5) is 5.69 Å². The fourth-order valence-corrected chi connectivity index (χ4v) is 2.61. The van der Waals surface area contributed by atoms with Gasteiger partial charge in [0.25, 0.3) is 0 Å². The van der Waals surface area contributed by atoms with Gasteiger partial charge in [-0.25, -0.2) is 9.48 Å². The fraction of sp³-hybridized carbons (Fsp3) is 0.375. The predicted octanol–water partition coefficient (Wildman–Crippen LogP) is 1.72. The molecule has 2 heterocycles. The molecule has 24 heavy (non-hydrogen) atoms. The van der Waals surface area contributed by atoms with Gasteiger partial charge in [-0.1, -0.05) is 11.3 Å². The Bertz CT molecular complexity index is 765. The number of carboxylic acids is 1. The Morgan fingerprint density at radius 1 is 1.42 bits per heavy atom. The highest BCUT2D eigenvalue weighted by Crippen LogP contribution is 2.29. The van der Waals surface area contributed by atoms with E-state index in [2.05, 4.69) is 15.6 Å². The molecular weight excluding hydrogens is 312 g/mol. The van der Waals surface area contributed by atoms with Crippen LogP contribution in [-0.2, 0) is 9.53 Å². The number of carboxylic acid groups (broad SMARTS) is 1. The molecular formula is C16H18N4O4. The minimum absolute atomic E-state index is 0.0934. The number of anilines is 1. The highest BCUT2D eigenvalue weighted by Gasteiger charge is 2.35. The van der Waals surface area contributed by atoms with Gasteiger partial charge < -0.3 is 15.2 Å². The molecule has 1 aromatic heterocycles. The molecule has 2 aromatic rings. The highest BCUT2D eigenvalue weighted by molar-refractivity contribution is 5.95. The van der Waals surface area contributed by atoms with Gasteiger partial charge in [-0.3, -0.25) is 4.79 Å². The van der Waals surface area contributed by atoms with E-state index in [1.54, 1.807) is 24.3 Å². The number of nitrogens with one attached hydrogen (secondary N) is 1. The van der Waals surface area contributed by atoms with Crippen molar-refractivity contribution in [3.63, 3.8) is 0 Å². The van der Waals surface area contributed by atoms with Crippen molar-refractivity contribution in [1.82, 2.24) is 15.0 Å². The van der Waals surface area contributed by atoms with E-state index < -0.39 is 11.4 Å².